The molecule has 0 fully saturated rings. The summed E-state index contributed by atoms with van der Waals surface area (Å²) in [5, 5.41) is 9.09. The van der Waals surface area contributed by atoms with Crippen molar-refractivity contribution in [1.82, 2.24) is 4.98 Å². The summed E-state index contributed by atoms with van der Waals surface area (Å²) in [7, 11) is 0. The molecule has 1 aliphatic carbocycles. The van der Waals surface area contributed by atoms with Crippen LogP contribution < -0.4 is 0 Å². The number of carbonyl (C=O) groups is 1. The number of carboxylic acid groups (broad SMARTS) is 1. The maximum atomic E-state index is 11.1. The topological polar surface area (TPSA) is 63.3 Å². The fraction of sp³-hybridized carbons (Fsp3) is 0.250. The van der Waals surface area contributed by atoms with Crippen LogP contribution in [0.3, 0.4) is 0 Å². The van der Waals surface area contributed by atoms with Crippen LogP contribution in [0.5, 0.6) is 0 Å². The Kier molecular flexibility index (Phi) is 3.14. The van der Waals surface area contributed by atoms with Crippen molar-refractivity contribution in [3.8, 4) is 11.5 Å². The van der Waals surface area contributed by atoms with Crippen LogP contribution in [-0.4, -0.2) is 16.1 Å². The molecule has 3 rings (SSSR count). The minimum Gasteiger partial charge on any atom is -0.481 e. The lowest BCUT2D eigenvalue weighted by atomic mass is 9.91. The molecule has 0 aliphatic heterocycles. The highest BCUT2D eigenvalue weighted by Crippen LogP contribution is 2.29. The van der Waals surface area contributed by atoms with Gasteiger partial charge in [0.15, 0.2) is 5.76 Å². The number of aromatic nitrogens is 1. The second-order valence-electron chi connectivity index (χ2n) is 5.07. The molecule has 0 bridgehead atoms. The van der Waals surface area contributed by atoms with E-state index in [0.29, 0.717) is 11.5 Å². The molecule has 4 nitrogen and oxygen atoms in total. The molecule has 2 aromatic rings. The smallest absolute Gasteiger partial charge is 0.307 e. The van der Waals surface area contributed by atoms with Gasteiger partial charge in [-0.15, -0.1) is 0 Å². The average Bonchev–Trinajstić information content (AvgIpc) is 2.92. The van der Waals surface area contributed by atoms with E-state index in [-0.39, 0.29) is 6.42 Å². The standard InChI is InChI=1S/C16H15NO3/c1-10-4-5-13-12(7-10)11(9-16(18)19)8-14(17-13)15-3-2-6-20-15/h2-3,6-8H,4-5,9H2,1H3,(H,18,19). The van der Waals surface area contributed by atoms with Gasteiger partial charge in [-0.25, -0.2) is 4.98 Å². The second-order valence-corrected chi connectivity index (χ2v) is 5.07. The first kappa shape index (κ1) is 12.7. The molecule has 0 unspecified atom stereocenters. The summed E-state index contributed by atoms with van der Waals surface area (Å²) in [6.07, 6.45) is 5.46. The minimum absolute atomic E-state index is 0.00232. The highest BCUT2D eigenvalue weighted by molar-refractivity contribution is 5.75. The Morgan fingerprint density at radius 3 is 3.00 bits per heavy atom. The molecule has 1 aliphatic rings. The van der Waals surface area contributed by atoms with Gasteiger partial charge in [0.25, 0.3) is 0 Å². The van der Waals surface area contributed by atoms with Gasteiger partial charge in [-0.3, -0.25) is 4.79 Å². The number of allylic oxidation sites excluding steroid dienone is 1. The van der Waals surface area contributed by atoms with Gasteiger partial charge >= 0.3 is 5.97 Å². The lowest BCUT2D eigenvalue weighted by Crippen LogP contribution is -2.09. The van der Waals surface area contributed by atoms with Crippen molar-refractivity contribution in [2.24, 2.45) is 0 Å². The third kappa shape index (κ3) is 2.37. The number of carboxylic acids is 1. The molecule has 2 aromatic heterocycles. The van der Waals surface area contributed by atoms with Gasteiger partial charge in [-0.05, 0) is 49.1 Å². The molecule has 0 saturated carbocycles. The summed E-state index contributed by atoms with van der Waals surface area (Å²) in [6.45, 7) is 2.06. The zero-order valence-corrected chi connectivity index (χ0v) is 11.2. The van der Waals surface area contributed by atoms with Gasteiger partial charge in [0.1, 0.15) is 5.69 Å². The molecule has 2 heterocycles. The predicted molar refractivity (Wildman–Crippen MR) is 75.3 cm³/mol. The molecule has 4 heteroatoms. The fourth-order valence-corrected chi connectivity index (χ4v) is 2.53. The number of aryl methyl sites for hydroxylation is 1. The highest BCUT2D eigenvalue weighted by Gasteiger charge is 2.18. The van der Waals surface area contributed by atoms with Crippen LogP contribution >= 0.6 is 0 Å². The second kappa shape index (κ2) is 4.96. The Balaban J connectivity index is 2.15. The van der Waals surface area contributed by atoms with Gasteiger partial charge in [0, 0.05) is 5.69 Å². The lowest BCUT2D eigenvalue weighted by molar-refractivity contribution is -0.136. The van der Waals surface area contributed by atoms with E-state index >= 15 is 0 Å². The Labute approximate surface area is 116 Å². The number of rotatable bonds is 3. The molecule has 0 spiro atoms. The van der Waals surface area contributed by atoms with E-state index in [1.165, 1.54) is 5.57 Å². The molecule has 1 N–H and O–H groups in total. The zero-order valence-electron chi connectivity index (χ0n) is 11.2. The number of nitrogens with zero attached hydrogens (tertiary/aromatic N) is 1. The Bertz CT molecular complexity index is 684. The van der Waals surface area contributed by atoms with E-state index in [1.807, 2.05) is 12.1 Å². The summed E-state index contributed by atoms with van der Waals surface area (Å²) in [5.74, 6) is -0.161. The predicted octanol–water partition coefficient (Wildman–Crippen LogP) is 3.32. The van der Waals surface area contributed by atoms with Gasteiger partial charge in [0.05, 0.1) is 12.7 Å². The van der Waals surface area contributed by atoms with Crippen molar-refractivity contribution < 1.29 is 14.3 Å². The summed E-state index contributed by atoms with van der Waals surface area (Å²) in [6, 6.07) is 5.46. The average molecular weight is 269 g/mol. The summed E-state index contributed by atoms with van der Waals surface area (Å²) in [5.41, 5.74) is 4.69. The van der Waals surface area contributed by atoms with Crippen LogP contribution in [0.15, 0.2) is 34.5 Å². The molecule has 0 atom stereocenters. The van der Waals surface area contributed by atoms with Crippen molar-refractivity contribution in [1.29, 1.82) is 0 Å². The molecule has 0 saturated heterocycles. The lowest BCUT2D eigenvalue weighted by Gasteiger charge is -2.17. The van der Waals surface area contributed by atoms with E-state index in [0.717, 1.165) is 29.7 Å². The molecule has 102 valence electrons. The monoisotopic (exact) mass is 269 g/mol. The number of furan rings is 1. The first-order chi connectivity index (χ1) is 9.63. The Hall–Kier alpha value is -2.36. The van der Waals surface area contributed by atoms with Gasteiger partial charge in [0.2, 0.25) is 0 Å². The number of fused-ring (bicyclic) bond motifs is 1. The summed E-state index contributed by atoms with van der Waals surface area (Å²) >= 11 is 0. The van der Waals surface area contributed by atoms with E-state index in [4.69, 9.17) is 9.52 Å². The third-order valence-electron chi connectivity index (χ3n) is 3.49. The van der Waals surface area contributed by atoms with Gasteiger partial charge in [-0.1, -0.05) is 11.6 Å². The molecule has 0 aromatic carbocycles. The molecule has 0 radical (unpaired) electrons. The number of hydrogen-bond donors (Lipinski definition) is 1. The van der Waals surface area contributed by atoms with Crippen molar-refractivity contribution in [2.75, 3.05) is 0 Å². The van der Waals surface area contributed by atoms with Crippen LogP contribution in [0.2, 0.25) is 0 Å². The molecular formula is C16H15NO3. The maximum absolute atomic E-state index is 11.1. The fourth-order valence-electron chi connectivity index (χ4n) is 2.53. The van der Waals surface area contributed by atoms with E-state index < -0.39 is 5.97 Å². The van der Waals surface area contributed by atoms with Crippen LogP contribution in [0.4, 0.5) is 0 Å². The van der Waals surface area contributed by atoms with E-state index in [1.54, 1.807) is 12.3 Å². The van der Waals surface area contributed by atoms with E-state index in [9.17, 15) is 4.79 Å². The van der Waals surface area contributed by atoms with E-state index in [2.05, 4.69) is 18.0 Å². The molecule has 20 heavy (non-hydrogen) atoms. The highest BCUT2D eigenvalue weighted by atomic mass is 16.4. The first-order valence-corrected chi connectivity index (χ1v) is 6.59. The Morgan fingerprint density at radius 1 is 1.45 bits per heavy atom. The normalized spacial score (nSPS) is 13.8. The van der Waals surface area contributed by atoms with Crippen molar-refractivity contribution >= 4 is 12.0 Å². The van der Waals surface area contributed by atoms with Gasteiger partial charge < -0.3 is 9.52 Å². The SMILES string of the molecule is CC1=Cc2c(CC(=O)O)cc(-c3ccco3)nc2CC1. The number of hydrogen-bond acceptors (Lipinski definition) is 3. The largest absolute Gasteiger partial charge is 0.481 e. The summed E-state index contributed by atoms with van der Waals surface area (Å²) in [4.78, 5) is 15.7. The maximum Gasteiger partial charge on any atom is 0.307 e. The Morgan fingerprint density at radius 2 is 2.30 bits per heavy atom. The molecular weight excluding hydrogens is 254 g/mol. The minimum atomic E-state index is -0.833. The third-order valence-corrected chi connectivity index (χ3v) is 3.49. The van der Waals surface area contributed by atoms with Crippen molar-refractivity contribution in [3.63, 3.8) is 0 Å². The van der Waals surface area contributed by atoms with Crippen molar-refractivity contribution in [3.05, 3.63) is 46.9 Å². The zero-order chi connectivity index (χ0) is 14.1. The van der Waals surface area contributed by atoms with Crippen LogP contribution in [0.25, 0.3) is 17.5 Å². The summed E-state index contributed by atoms with van der Waals surface area (Å²) < 4.78 is 5.37. The number of aliphatic carboxylic acids is 1. The molecule has 0 amide bonds. The van der Waals surface area contributed by atoms with Crippen molar-refractivity contribution in [2.45, 2.75) is 26.2 Å². The van der Waals surface area contributed by atoms with Crippen LogP contribution in [0.1, 0.15) is 30.2 Å². The number of pyridine rings is 1. The van der Waals surface area contributed by atoms with Crippen LogP contribution in [0, 0.1) is 0 Å². The first-order valence-electron chi connectivity index (χ1n) is 6.59. The van der Waals surface area contributed by atoms with Crippen LogP contribution in [-0.2, 0) is 17.6 Å². The van der Waals surface area contributed by atoms with Gasteiger partial charge in [-0.2, -0.15) is 0 Å². The quantitative estimate of drug-likeness (QED) is 0.928.